The average Bonchev–Trinajstić information content (AvgIpc) is 2.82. The number of likely N-dealkylation sites (tertiary alicyclic amines) is 1. The molecule has 35 heavy (non-hydrogen) atoms. The highest BCUT2D eigenvalue weighted by molar-refractivity contribution is 5.86. The number of hydrogen-bond acceptors (Lipinski definition) is 6. The molecule has 0 spiro atoms. The molecule has 1 aromatic carbocycles. The zero-order valence-corrected chi connectivity index (χ0v) is 23.4. The third kappa shape index (κ3) is 8.85. The Morgan fingerprint density at radius 1 is 0.914 bits per heavy atom. The largest absolute Gasteiger partial charge is 0.488 e. The number of halogens is 3. The molecular weight excluding hydrogens is 507 g/mol. The van der Waals surface area contributed by atoms with Crippen molar-refractivity contribution in [1.82, 2.24) is 15.1 Å². The van der Waals surface area contributed by atoms with Gasteiger partial charge >= 0.3 is 0 Å². The lowest BCUT2D eigenvalue weighted by Gasteiger charge is -2.29. The molecule has 1 aliphatic heterocycles. The maximum Gasteiger partial charge on any atom is 0.234 e. The number of nitrogens with two attached hydrogens (primary N) is 1. The first kappa shape index (κ1) is 31.6. The minimum atomic E-state index is 0. The van der Waals surface area contributed by atoms with Gasteiger partial charge in [-0.1, -0.05) is 25.8 Å². The normalized spacial score (nSPS) is 17.0. The van der Waals surface area contributed by atoms with Gasteiger partial charge in [0.15, 0.2) is 0 Å². The van der Waals surface area contributed by atoms with Crippen molar-refractivity contribution in [3.8, 4) is 22.8 Å². The Hall–Kier alpha value is -1.47. The highest BCUT2D eigenvalue weighted by atomic mass is 35.5. The van der Waals surface area contributed by atoms with Crippen LogP contribution in [0.4, 0.5) is 5.69 Å². The first-order valence-corrected chi connectivity index (χ1v) is 12.4. The standard InChI is InChI=1S/C26H38N4O2.3ClH/c1-3-4-10-24-22(18-26(29-28-24)32-21-13-15-30(2)16-14-21)19-11-12-25(23(27)17-19)31-20-8-6-5-7-9-20;;;/h11-12,17-18,20-21H,3-10,13-16,27H2,1-2H3;3*1H. The number of nitrogen functional groups attached to an aromatic ring is 1. The fraction of sp³-hybridized carbons (Fsp3) is 0.615. The molecule has 2 aliphatic rings. The Labute approximate surface area is 229 Å². The highest BCUT2D eigenvalue weighted by Crippen LogP contribution is 2.34. The van der Waals surface area contributed by atoms with E-state index in [0.29, 0.717) is 11.6 Å². The molecule has 9 heteroatoms. The Morgan fingerprint density at radius 2 is 1.60 bits per heavy atom. The van der Waals surface area contributed by atoms with Crippen LogP contribution in [-0.2, 0) is 6.42 Å². The molecule has 2 heterocycles. The second-order valence-electron chi connectivity index (χ2n) is 9.40. The summed E-state index contributed by atoms with van der Waals surface area (Å²) in [4.78, 5) is 2.34. The summed E-state index contributed by atoms with van der Waals surface area (Å²) in [7, 11) is 2.16. The summed E-state index contributed by atoms with van der Waals surface area (Å²) >= 11 is 0. The SMILES string of the molecule is CCCCc1nnc(OC2CCN(C)CC2)cc1-c1ccc(OC2CCCCC2)c(N)c1.Cl.Cl.Cl. The maximum absolute atomic E-state index is 6.43. The summed E-state index contributed by atoms with van der Waals surface area (Å²) in [6.45, 7) is 4.30. The van der Waals surface area contributed by atoms with E-state index in [4.69, 9.17) is 15.2 Å². The molecule has 0 bridgehead atoms. The van der Waals surface area contributed by atoms with Crippen molar-refractivity contribution >= 4 is 42.9 Å². The van der Waals surface area contributed by atoms with Gasteiger partial charge in [-0.3, -0.25) is 0 Å². The van der Waals surface area contributed by atoms with E-state index in [1.54, 1.807) is 0 Å². The van der Waals surface area contributed by atoms with Gasteiger partial charge in [-0.2, -0.15) is 5.10 Å². The Balaban J connectivity index is 0.00000204. The van der Waals surface area contributed by atoms with Crippen molar-refractivity contribution < 1.29 is 9.47 Å². The molecule has 1 saturated carbocycles. The smallest absolute Gasteiger partial charge is 0.234 e. The lowest BCUT2D eigenvalue weighted by Crippen LogP contribution is -2.35. The minimum absolute atomic E-state index is 0. The highest BCUT2D eigenvalue weighted by Gasteiger charge is 2.20. The van der Waals surface area contributed by atoms with Gasteiger partial charge in [-0.05, 0) is 76.1 Å². The van der Waals surface area contributed by atoms with Crippen LogP contribution < -0.4 is 15.2 Å². The van der Waals surface area contributed by atoms with Crippen molar-refractivity contribution in [3.05, 3.63) is 30.0 Å². The summed E-state index contributed by atoms with van der Waals surface area (Å²) in [6.07, 6.45) is 11.7. The number of aromatic nitrogens is 2. The molecule has 6 nitrogen and oxygen atoms in total. The molecule has 2 N–H and O–H groups in total. The van der Waals surface area contributed by atoms with Crippen molar-refractivity contribution in [2.45, 2.75) is 83.3 Å². The third-order valence-corrected chi connectivity index (χ3v) is 6.73. The van der Waals surface area contributed by atoms with Crippen LogP contribution in [0.25, 0.3) is 11.1 Å². The monoisotopic (exact) mass is 546 g/mol. The van der Waals surface area contributed by atoms with Crippen LogP contribution in [0.5, 0.6) is 11.6 Å². The molecule has 198 valence electrons. The third-order valence-electron chi connectivity index (χ3n) is 6.73. The van der Waals surface area contributed by atoms with Gasteiger partial charge in [-0.15, -0.1) is 42.3 Å². The van der Waals surface area contributed by atoms with Gasteiger partial charge in [0, 0.05) is 24.7 Å². The number of rotatable bonds is 8. The van der Waals surface area contributed by atoms with Gasteiger partial charge in [0.1, 0.15) is 11.9 Å². The predicted octanol–water partition coefficient (Wildman–Crippen LogP) is 6.52. The lowest BCUT2D eigenvalue weighted by atomic mass is 9.97. The van der Waals surface area contributed by atoms with Crippen LogP contribution in [0, 0.1) is 0 Å². The minimum Gasteiger partial charge on any atom is -0.488 e. The average molecular weight is 548 g/mol. The van der Waals surface area contributed by atoms with Crippen LogP contribution in [0.15, 0.2) is 24.3 Å². The molecule has 1 aliphatic carbocycles. The Morgan fingerprint density at radius 3 is 2.26 bits per heavy atom. The number of benzene rings is 1. The molecule has 4 rings (SSSR count). The van der Waals surface area contributed by atoms with Crippen LogP contribution in [0.1, 0.15) is 70.4 Å². The van der Waals surface area contributed by atoms with E-state index in [0.717, 1.165) is 80.6 Å². The van der Waals surface area contributed by atoms with E-state index in [1.807, 2.05) is 18.2 Å². The molecule has 1 saturated heterocycles. The topological polar surface area (TPSA) is 73.5 Å². The van der Waals surface area contributed by atoms with E-state index >= 15 is 0 Å². The Bertz CT molecular complexity index is 889. The second kappa shape index (κ2) is 15.6. The van der Waals surface area contributed by atoms with Crippen LogP contribution in [-0.4, -0.2) is 47.4 Å². The van der Waals surface area contributed by atoms with E-state index < -0.39 is 0 Å². The molecule has 0 amide bonds. The molecule has 0 radical (unpaired) electrons. The zero-order valence-electron chi connectivity index (χ0n) is 20.9. The van der Waals surface area contributed by atoms with Gasteiger partial charge in [0.2, 0.25) is 5.88 Å². The molecule has 2 aromatic rings. The van der Waals surface area contributed by atoms with Crippen LogP contribution in [0.3, 0.4) is 0 Å². The summed E-state index contributed by atoms with van der Waals surface area (Å²) in [5, 5.41) is 8.97. The maximum atomic E-state index is 6.43. The van der Waals surface area contributed by atoms with E-state index in [2.05, 4.69) is 35.1 Å². The first-order valence-electron chi connectivity index (χ1n) is 12.4. The zero-order chi connectivity index (χ0) is 22.3. The van der Waals surface area contributed by atoms with Crippen LogP contribution >= 0.6 is 37.2 Å². The van der Waals surface area contributed by atoms with Crippen molar-refractivity contribution in [2.75, 3.05) is 25.9 Å². The quantitative estimate of drug-likeness (QED) is 0.379. The molecule has 0 unspecified atom stereocenters. The molecular formula is C26H41Cl3N4O2. The van der Waals surface area contributed by atoms with Gasteiger partial charge in [0.25, 0.3) is 0 Å². The number of nitrogens with zero attached hydrogens (tertiary/aromatic N) is 3. The lowest BCUT2D eigenvalue weighted by molar-refractivity contribution is 0.109. The van der Waals surface area contributed by atoms with Crippen molar-refractivity contribution in [2.24, 2.45) is 0 Å². The number of piperidine rings is 1. The second-order valence-corrected chi connectivity index (χ2v) is 9.40. The fourth-order valence-corrected chi connectivity index (χ4v) is 4.69. The van der Waals surface area contributed by atoms with Gasteiger partial charge in [-0.25, -0.2) is 0 Å². The van der Waals surface area contributed by atoms with Crippen LogP contribution in [0.2, 0.25) is 0 Å². The van der Waals surface area contributed by atoms with E-state index in [-0.39, 0.29) is 49.4 Å². The molecule has 0 atom stereocenters. The van der Waals surface area contributed by atoms with Gasteiger partial charge < -0.3 is 20.1 Å². The van der Waals surface area contributed by atoms with Crippen molar-refractivity contribution in [3.63, 3.8) is 0 Å². The van der Waals surface area contributed by atoms with Crippen molar-refractivity contribution in [1.29, 1.82) is 0 Å². The number of anilines is 1. The summed E-state index contributed by atoms with van der Waals surface area (Å²) in [5.74, 6) is 1.40. The van der Waals surface area contributed by atoms with Gasteiger partial charge in [0.05, 0.1) is 17.5 Å². The number of ether oxygens (including phenoxy) is 2. The van der Waals surface area contributed by atoms with E-state index in [9.17, 15) is 0 Å². The summed E-state index contributed by atoms with van der Waals surface area (Å²) in [5.41, 5.74) is 10.2. The number of unbranched alkanes of at least 4 members (excludes halogenated alkanes) is 1. The number of hydrogen-bond donors (Lipinski definition) is 1. The first-order chi connectivity index (χ1) is 15.6. The molecule has 1 aromatic heterocycles. The Kier molecular flexibility index (Phi) is 14.1. The predicted molar refractivity (Wildman–Crippen MR) is 151 cm³/mol. The summed E-state index contributed by atoms with van der Waals surface area (Å²) < 4.78 is 12.4. The summed E-state index contributed by atoms with van der Waals surface area (Å²) in [6, 6.07) is 8.18. The fourth-order valence-electron chi connectivity index (χ4n) is 4.69. The van der Waals surface area contributed by atoms with E-state index in [1.165, 1.54) is 19.3 Å². The number of aryl methyl sites for hydroxylation is 1. The molecule has 2 fully saturated rings.